The van der Waals surface area contributed by atoms with Crippen LogP contribution < -0.4 is 25.0 Å². The van der Waals surface area contributed by atoms with Crippen LogP contribution >= 0.6 is 27.5 Å². The number of anilines is 2. The summed E-state index contributed by atoms with van der Waals surface area (Å²) in [4.78, 5) is 51.1. The van der Waals surface area contributed by atoms with Gasteiger partial charge in [-0.25, -0.2) is 9.69 Å². The van der Waals surface area contributed by atoms with Crippen molar-refractivity contribution >= 4 is 68.7 Å². The standard InChI is InChI=1S/C27H21BrClN3O6/c1-15-3-7-18(13-22(15)29)32-26(35)20(25(34)31-27(32)36)11-16-4-10-23(21(28)12-16)38-14-24(33)30-17-5-8-19(37-2)9-6-17/h3-13H,14H2,1-2H3,(H,30,33)(H,31,34,36)/b20-11+. The Balaban J connectivity index is 1.46. The van der Waals surface area contributed by atoms with Gasteiger partial charge in [-0.15, -0.1) is 0 Å². The summed E-state index contributed by atoms with van der Waals surface area (Å²) in [6.07, 6.45) is 1.36. The minimum absolute atomic E-state index is 0.235. The van der Waals surface area contributed by atoms with Crippen LogP contribution in [0.25, 0.3) is 6.08 Å². The molecule has 0 radical (unpaired) electrons. The van der Waals surface area contributed by atoms with E-state index in [2.05, 4.69) is 26.6 Å². The van der Waals surface area contributed by atoms with E-state index >= 15 is 0 Å². The van der Waals surface area contributed by atoms with Gasteiger partial charge in [-0.3, -0.25) is 19.7 Å². The Morgan fingerprint density at radius 2 is 1.82 bits per heavy atom. The van der Waals surface area contributed by atoms with Crippen molar-refractivity contribution in [3.05, 3.63) is 86.9 Å². The van der Waals surface area contributed by atoms with Crippen LogP contribution in [-0.2, 0) is 14.4 Å². The number of nitrogens with zero attached hydrogens (tertiary/aromatic N) is 1. The van der Waals surface area contributed by atoms with Crippen molar-refractivity contribution in [3.63, 3.8) is 0 Å². The van der Waals surface area contributed by atoms with Crippen LogP contribution in [0.5, 0.6) is 11.5 Å². The van der Waals surface area contributed by atoms with E-state index < -0.39 is 17.8 Å². The molecule has 3 aromatic carbocycles. The lowest BCUT2D eigenvalue weighted by Gasteiger charge is -2.26. The summed E-state index contributed by atoms with van der Waals surface area (Å²) < 4.78 is 11.2. The summed E-state index contributed by atoms with van der Waals surface area (Å²) in [5.74, 6) is -0.919. The molecule has 9 nitrogen and oxygen atoms in total. The fourth-order valence-corrected chi connectivity index (χ4v) is 4.20. The Labute approximate surface area is 231 Å². The monoisotopic (exact) mass is 597 g/mol. The first kappa shape index (κ1) is 26.9. The normalized spacial score (nSPS) is 14.4. The molecule has 38 heavy (non-hydrogen) atoms. The number of carbonyl (C=O) groups is 4. The smallest absolute Gasteiger partial charge is 0.335 e. The SMILES string of the molecule is COc1ccc(NC(=O)COc2ccc(/C=C3\C(=O)NC(=O)N(c4ccc(C)c(Cl)c4)C3=O)cc2Br)cc1. The second kappa shape index (κ2) is 11.5. The van der Waals surface area contributed by atoms with Crippen LogP contribution in [0.4, 0.5) is 16.2 Å². The lowest BCUT2D eigenvalue weighted by molar-refractivity contribution is -0.122. The number of barbiturate groups is 1. The average Bonchev–Trinajstić information content (AvgIpc) is 2.88. The molecule has 5 amide bonds. The van der Waals surface area contributed by atoms with E-state index in [1.54, 1.807) is 68.6 Å². The van der Waals surface area contributed by atoms with Gasteiger partial charge >= 0.3 is 6.03 Å². The van der Waals surface area contributed by atoms with Crippen molar-refractivity contribution in [1.82, 2.24) is 5.32 Å². The minimum Gasteiger partial charge on any atom is -0.497 e. The molecule has 0 saturated carbocycles. The molecule has 1 fully saturated rings. The zero-order valence-corrected chi connectivity index (χ0v) is 22.6. The molecule has 1 aliphatic heterocycles. The Morgan fingerprint density at radius 3 is 2.47 bits per heavy atom. The van der Waals surface area contributed by atoms with Gasteiger partial charge in [0.25, 0.3) is 17.7 Å². The van der Waals surface area contributed by atoms with E-state index in [4.69, 9.17) is 21.1 Å². The number of carbonyl (C=O) groups excluding carboxylic acids is 4. The van der Waals surface area contributed by atoms with E-state index in [1.807, 2.05) is 0 Å². The maximum Gasteiger partial charge on any atom is 0.335 e. The Morgan fingerprint density at radius 1 is 1.08 bits per heavy atom. The van der Waals surface area contributed by atoms with Gasteiger partial charge in [0.15, 0.2) is 6.61 Å². The first-order valence-electron chi connectivity index (χ1n) is 11.2. The third-order valence-corrected chi connectivity index (χ3v) is 6.54. The zero-order valence-electron chi connectivity index (χ0n) is 20.2. The van der Waals surface area contributed by atoms with Crippen molar-refractivity contribution in [2.24, 2.45) is 0 Å². The highest BCUT2D eigenvalue weighted by Gasteiger charge is 2.37. The summed E-state index contributed by atoms with van der Waals surface area (Å²) in [5.41, 5.74) is 1.86. The molecule has 0 spiro atoms. The molecule has 1 aliphatic rings. The predicted molar refractivity (Wildman–Crippen MR) is 146 cm³/mol. The van der Waals surface area contributed by atoms with E-state index in [9.17, 15) is 19.2 Å². The summed E-state index contributed by atoms with van der Waals surface area (Å²) >= 11 is 9.54. The first-order valence-corrected chi connectivity index (χ1v) is 12.4. The van der Waals surface area contributed by atoms with E-state index in [1.165, 1.54) is 12.1 Å². The molecule has 1 saturated heterocycles. The maximum atomic E-state index is 13.1. The number of ether oxygens (including phenoxy) is 2. The van der Waals surface area contributed by atoms with Gasteiger partial charge in [0.05, 0.1) is 17.3 Å². The quantitative estimate of drug-likeness (QED) is 0.289. The van der Waals surface area contributed by atoms with Crippen molar-refractivity contribution in [3.8, 4) is 11.5 Å². The number of nitrogens with one attached hydrogen (secondary N) is 2. The zero-order chi connectivity index (χ0) is 27.4. The Hall–Kier alpha value is -4.15. The van der Waals surface area contributed by atoms with E-state index in [0.717, 1.165) is 10.5 Å². The van der Waals surface area contributed by atoms with Crippen LogP contribution in [0.15, 0.2) is 70.7 Å². The lowest BCUT2D eigenvalue weighted by atomic mass is 10.1. The van der Waals surface area contributed by atoms with Gasteiger partial charge in [0.1, 0.15) is 17.1 Å². The molecule has 0 bridgehead atoms. The molecule has 2 N–H and O–H groups in total. The topological polar surface area (TPSA) is 114 Å². The molecule has 0 unspecified atom stereocenters. The number of benzene rings is 3. The molecule has 4 rings (SSSR count). The van der Waals surface area contributed by atoms with Crippen molar-refractivity contribution in [2.45, 2.75) is 6.92 Å². The summed E-state index contributed by atoms with van der Waals surface area (Å²) in [7, 11) is 1.56. The van der Waals surface area contributed by atoms with Crippen LogP contribution in [-0.4, -0.2) is 37.5 Å². The number of halogens is 2. The minimum atomic E-state index is -0.866. The van der Waals surface area contributed by atoms with Gasteiger partial charge in [-0.2, -0.15) is 0 Å². The van der Waals surface area contributed by atoms with Crippen molar-refractivity contribution in [1.29, 1.82) is 0 Å². The number of amides is 5. The first-order chi connectivity index (χ1) is 18.2. The van der Waals surface area contributed by atoms with E-state index in [0.29, 0.717) is 32.2 Å². The van der Waals surface area contributed by atoms with Crippen LogP contribution in [0, 0.1) is 6.92 Å². The lowest BCUT2D eigenvalue weighted by Crippen LogP contribution is -2.54. The fraction of sp³-hybridized carbons (Fsp3) is 0.111. The number of methoxy groups -OCH3 is 1. The molecule has 0 aliphatic carbocycles. The Bertz CT molecular complexity index is 1470. The van der Waals surface area contributed by atoms with Gasteiger partial charge in [0, 0.05) is 10.7 Å². The van der Waals surface area contributed by atoms with E-state index in [-0.39, 0.29) is 23.8 Å². The number of hydrogen-bond donors (Lipinski definition) is 2. The van der Waals surface area contributed by atoms with Gasteiger partial charge in [-0.05, 0) is 88.6 Å². The molecule has 0 atom stereocenters. The maximum absolute atomic E-state index is 13.1. The molecule has 3 aromatic rings. The Kier molecular flexibility index (Phi) is 8.13. The molecule has 0 aromatic heterocycles. The summed E-state index contributed by atoms with van der Waals surface area (Å²) in [6.45, 7) is 1.54. The molecule has 1 heterocycles. The largest absolute Gasteiger partial charge is 0.497 e. The third-order valence-electron chi connectivity index (χ3n) is 5.51. The second-order valence-corrected chi connectivity index (χ2v) is 9.41. The second-order valence-electron chi connectivity index (χ2n) is 8.15. The number of hydrogen-bond acceptors (Lipinski definition) is 6. The molecular formula is C27H21BrClN3O6. The average molecular weight is 599 g/mol. The van der Waals surface area contributed by atoms with Gasteiger partial charge in [-0.1, -0.05) is 23.7 Å². The predicted octanol–water partition coefficient (Wildman–Crippen LogP) is 5.10. The number of imide groups is 2. The highest BCUT2D eigenvalue weighted by atomic mass is 79.9. The number of aryl methyl sites for hydroxylation is 1. The van der Waals surface area contributed by atoms with Gasteiger partial charge in [0.2, 0.25) is 0 Å². The fourth-order valence-electron chi connectivity index (χ4n) is 3.52. The van der Waals surface area contributed by atoms with Gasteiger partial charge < -0.3 is 14.8 Å². The highest BCUT2D eigenvalue weighted by molar-refractivity contribution is 9.10. The van der Waals surface area contributed by atoms with Crippen molar-refractivity contribution in [2.75, 3.05) is 23.9 Å². The third kappa shape index (κ3) is 6.04. The molecular weight excluding hydrogens is 578 g/mol. The molecule has 11 heteroatoms. The summed E-state index contributed by atoms with van der Waals surface area (Å²) in [6, 6.07) is 15.5. The van der Waals surface area contributed by atoms with Crippen molar-refractivity contribution < 1.29 is 28.7 Å². The van der Waals surface area contributed by atoms with Crippen LogP contribution in [0.1, 0.15) is 11.1 Å². The number of urea groups is 1. The van der Waals surface area contributed by atoms with Crippen LogP contribution in [0.3, 0.4) is 0 Å². The number of rotatable bonds is 7. The highest BCUT2D eigenvalue weighted by Crippen LogP contribution is 2.29. The molecule has 194 valence electrons. The summed E-state index contributed by atoms with van der Waals surface area (Å²) in [5, 5.41) is 5.27. The van der Waals surface area contributed by atoms with Crippen LogP contribution in [0.2, 0.25) is 5.02 Å².